The lowest BCUT2D eigenvalue weighted by atomic mass is 10.0. The molecule has 0 aliphatic carbocycles. The summed E-state index contributed by atoms with van der Waals surface area (Å²) in [5, 5.41) is 0. The maximum atomic E-state index is 13.3. The Hall–Kier alpha value is -1.88. The molecule has 0 fully saturated rings. The van der Waals surface area contributed by atoms with Gasteiger partial charge in [0.25, 0.3) is 10.0 Å². The average Bonchev–Trinajstić information content (AvgIpc) is 2.46. The van der Waals surface area contributed by atoms with Gasteiger partial charge in [-0.15, -0.1) is 0 Å². The number of aryl methyl sites for hydroxylation is 1. The highest BCUT2D eigenvalue weighted by molar-refractivity contribution is 7.92. The van der Waals surface area contributed by atoms with E-state index in [4.69, 9.17) is 0 Å². The predicted octanol–water partition coefficient (Wildman–Crippen LogP) is 2.77. The summed E-state index contributed by atoms with van der Waals surface area (Å²) in [6.07, 6.45) is 1.58. The number of hydrogen-bond donors (Lipinski definition) is 0. The van der Waals surface area contributed by atoms with Crippen molar-refractivity contribution in [3.05, 3.63) is 59.9 Å². The summed E-state index contributed by atoms with van der Waals surface area (Å²) in [7, 11) is -3.74. The molecule has 0 N–H and O–H groups in total. The molecule has 103 valence electrons. The summed E-state index contributed by atoms with van der Waals surface area (Å²) in [4.78, 5) is -0.0254. The molecule has 5 heteroatoms. The van der Waals surface area contributed by atoms with E-state index in [9.17, 15) is 12.8 Å². The van der Waals surface area contributed by atoms with E-state index in [1.807, 2.05) is 12.1 Å². The van der Waals surface area contributed by atoms with Crippen LogP contribution in [-0.2, 0) is 16.4 Å². The molecule has 1 heterocycles. The molecule has 0 saturated carbocycles. The summed E-state index contributed by atoms with van der Waals surface area (Å²) >= 11 is 0. The molecule has 0 saturated heterocycles. The van der Waals surface area contributed by atoms with Crippen LogP contribution in [0.5, 0.6) is 0 Å². The fraction of sp³-hybridized carbons (Fsp3) is 0.200. The van der Waals surface area contributed by atoms with Gasteiger partial charge in [-0.05, 0) is 36.6 Å². The van der Waals surface area contributed by atoms with E-state index in [2.05, 4.69) is 6.07 Å². The quantitative estimate of drug-likeness (QED) is 0.853. The Morgan fingerprint density at radius 1 is 1.20 bits per heavy atom. The fourth-order valence-electron chi connectivity index (χ4n) is 2.42. The monoisotopic (exact) mass is 290 g/mol. The van der Waals surface area contributed by atoms with E-state index in [-0.39, 0.29) is 4.90 Å². The summed E-state index contributed by atoms with van der Waals surface area (Å²) < 4.78 is 39.9. The van der Waals surface area contributed by atoms with Crippen molar-refractivity contribution in [3.8, 4) is 0 Å². The molecule has 2 aromatic rings. The summed E-state index contributed by atoms with van der Waals surface area (Å²) in [6.45, 7) is 0.395. The summed E-state index contributed by atoms with van der Waals surface area (Å²) in [5.74, 6) is -0.555. The third-order valence-electron chi connectivity index (χ3n) is 3.36. The lowest BCUT2D eigenvalue weighted by Gasteiger charge is -2.30. The zero-order chi connectivity index (χ0) is 14.2. The Morgan fingerprint density at radius 3 is 2.85 bits per heavy atom. The third-order valence-corrected chi connectivity index (χ3v) is 5.15. The Labute approximate surface area is 117 Å². The van der Waals surface area contributed by atoms with Gasteiger partial charge in [0, 0.05) is 12.6 Å². The molecule has 3 rings (SSSR count). The van der Waals surface area contributed by atoms with Gasteiger partial charge in [0.05, 0.1) is 10.6 Å². The number of nitrogens with zero attached hydrogens (tertiary/aromatic N) is 1. The first kappa shape index (κ1) is 13.1. The molecule has 0 bridgehead atoms. The van der Waals surface area contributed by atoms with E-state index in [1.165, 1.54) is 22.5 Å². The van der Waals surface area contributed by atoms with Gasteiger partial charge in [-0.25, -0.2) is 12.8 Å². The molecule has 2 aromatic carbocycles. The summed E-state index contributed by atoms with van der Waals surface area (Å²) in [5.41, 5.74) is 1.53. The highest BCUT2D eigenvalue weighted by Gasteiger charge is 2.29. The molecule has 0 amide bonds. The zero-order valence-corrected chi connectivity index (χ0v) is 11.5. The lowest BCUT2D eigenvalue weighted by Crippen LogP contribution is -2.35. The highest BCUT2D eigenvalue weighted by Crippen LogP contribution is 2.31. The first-order valence-corrected chi connectivity index (χ1v) is 7.81. The van der Waals surface area contributed by atoms with Crippen LogP contribution < -0.4 is 4.31 Å². The second-order valence-electron chi connectivity index (χ2n) is 4.68. The number of hydrogen-bond acceptors (Lipinski definition) is 2. The molecule has 3 nitrogen and oxygen atoms in total. The van der Waals surface area contributed by atoms with Crippen LogP contribution in [0.2, 0.25) is 0 Å². The van der Waals surface area contributed by atoms with Crippen LogP contribution in [0.15, 0.2) is 47.4 Å². The van der Waals surface area contributed by atoms with Crippen LogP contribution in [0.1, 0.15) is 12.0 Å². The first-order chi connectivity index (χ1) is 9.59. The first-order valence-electron chi connectivity index (χ1n) is 6.37. The van der Waals surface area contributed by atoms with Crippen molar-refractivity contribution >= 4 is 15.7 Å². The molecule has 1 aliphatic rings. The van der Waals surface area contributed by atoms with Gasteiger partial charge >= 0.3 is 0 Å². The Bertz CT molecular complexity index is 743. The SMILES string of the molecule is O=S(=O)(c1cccc(F)c1)N1CCCc2ccc[c]c21. The molecule has 20 heavy (non-hydrogen) atoms. The van der Waals surface area contributed by atoms with Crippen LogP contribution in [0.3, 0.4) is 0 Å². The number of halogens is 1. The molecule has 0 spiro atoms. The number of benzene rings is 2. The Morgan fingerprint density at radius 2 is 2.05 bits per heavy atom. The van der Waals surface area contributed by atoms with Gasteiger partial charge in [0.15, 0.2) is 0 Å². The largest absolute Gasteiger partial charge is 0.265 e. The van der Waals surface area contributed by atoms with Crippen molar-refractivity contribution < 1.29 is 12.8 Å². The molecule has 0 aromatic heterocycles. The van der Waals surface area contributed by atoms with Gasteiger partial charge in [0.1, 0.15) is 5.82 Å². The predicted molar refractivity (Wildman–Crippen MR) is 74.5 cm³/mol. The van der Waals surface area contributed by atoms with E-state index in [0.29, 0.717) is 12.2 Å². The maximum absolute atomic E-state index is 13.3. The minimum Gasteiger partial charge on any atom is -0.265 e. The second kappa shape index (κ2) is 4.90. The van der Waals surface area contributed by atoms with Crippen LogP contribution >= 0.6 is 0 Å². The number of anilines is 1. The topological polar surface area (TPSA) is 37.4 Å². The van der Waals surface area contributed by atoms with E-state index >= 15 is 0 Å². The molecular formula is C15H13FNO2S. The van der Waals surface area contributed by atoms with Crippen LogP contribution in [0.25, 0.3) is 0 Å². The standard InChI is InChI=1S/C15H13FNO2S/c16-13-7-3-8-14(11-13)20(18,19)17-10-4-6-12-5-1-2-9-15(12)17/h1-3,5,7-8,11H,4,6,10H2. The number of sulfonamides is 1. The van der Waals surface area contributed by atoms with Crippen molar-refractivity contribution in [1.29, 1.82) is 0 Å². The number of rotatable bonds is 2. The van der Waals surface area contributed by atoms with Gasteiger partial charge in [-0.3, -0.25) is 4.31 Å². The fourth-order valence-corrected chi connectivity index (χ4v) is 3.96. The molecule has 0 atom stereocenters. The number of para-hydroxylation sites is 1. The highest BCUT2D eigenvalue weighted by atomic mass is 32.2. The third kappa shape index (κ3) is 2.18. The van der Waals surface area contributed by atoms with Crippen molar-refractivity contribution in [2.75, 3.05) is 10.8 Å². The van der Waals surface area contributed by atoms with Gasteiger partial charge in [-0.1, -0.05) is 24.3 Å². The van der Waals surface area contributed by atoms with Crippen molar-refractivity contribution in [1.82, 2.24) is 0 Å². The second-order valence-corrected chi connectivity index (χ2v) is 6.54. The van der Waals surface area contributed by atoms with Crippen LogP contribution in [-0.4, -0.2) is 15.0 Å². The molecular weight excluding hydrogens is 277 g/mol. The zero-order valence-electron chi connectivity index (χ0n) is 10.7. The number of fused-ring (bicyclic) bond motifs is 1. The van der Waals surface area contributed by atoms with Gasteiger partial charge in [0.2, 0.25) is 0 Å². The smallest absolute Gasteiger partial charge is 0.264 e. The normalized spacial score (nSPS) is 14.9. The molecule has 0 unspecified atom stereocenters. The van der Waals surface area contributed by atoms with Crippen molar-refractivity contribution in [3.63, 3.8) is 0 Å². The van der Waals surface area contributed by atoms with Crippen LogP contribution in [0.4, 0.5) is 10.1 Å². The van der Waals surface area contributed by atoms with E-state index in [1.54, 1.807) is 6.07 Å². The van der Waals surface area contributed by atoms with Crippen LogP contribution in [0, 0.1) is 11.9 Å². The maximum Gasteiger partial charge on any atom is 0.264 e. The molecule has 1 radical (unpaired) electrons. The van der Waals surface area contributed by atoms with E-state index < -0.39 is 15.8 Å². The van der Waals surface area contributed by atoms with Gasteiger partial charge < -0.3 is 0 Å². The Kier molecular flexibility index (Phi) is 3.22. The molecule has 1 aliphatic heterocycles. The van der Waals surface area contributed by atoms with Crippen molar-refractivity contribution in [2.24, 2.45) is 0 Å². The van der Waals surface area contributed by atoms with Crippen molar-refractivity contribution in [2.45, 2.75) is 17.7 Å². The van der Waals surface area contributed by atoms with E-state index in [0.717, 1.165) is 24.5 Å². The minimum absolute atomic E-state index is 0.0254. The lowest BCUT2D eigenvalue weighted by molar-refractivity contribution is 0.582. The Balaban J connectivity index is 2.10. The van der Waals surface area contributed by atoms with Gasteiger partial charge in [-0.2, -0.15) is 0 Å². The average molecular weight is 290 g/mol. The summed E-state index contributed by atoms with van der Waals surface area (Å²) in [6, 6.07) is 13.5. The minimum atomic E-state index is -3.74.